The lowest BCUT2D eigenvalue weighted by atomic mass is 10.3. The maximum absolute atomic E-state index is 11.7. The molecule has 0 aliphatic carbocycles. The van der Waals surface area contributed by atoms with Crippen LogP contribution >= 0.6 is 0 Å². The molecule has 1 aliphatic heterocycles. The van der Waals surface area contributed by atoms with Crippen molar-refractivity contribution in [3.05, 3.63) is 24.4 Å². The fraction of sp³-hybridized carbons (Fsp3) is 0.538. The number of pyridine rings is 1. The Kier molecular flexibility index (Phi) is 4.02. The van der Waals surface area contributed by atoms with Crippen LogP contribution in [0, 0.1) is 0 Å². The third kappa shape index (κ3) is 3.12. The summed E-state index contributed by atoms with van der Waals surface area (Å²) in [6.45, 7) is 6.68. The number of rotatable bonds is 2. The van der Waals surface area contributed by atoms with Crippen molar-refractivity contribution in [2.75, 3.05) is 31.1 Å². The molecule has 1 fully saturated rings. The van der Waals surface area contributed by atoms with Crippen molar-refractivity contribution < 1.29 is 9.53 Å². The van der Waals surface area contributed by atoms with Gasteiger partial charge in [-0.05, 0) is 26.0 Å². The zero-order valence-corrected chi connectivity index (χ0v) is 10.9. The third-order valence-corrected chi connectivity index (χ3v) is 2.85. The first-order valence-electron chi connectivity index (χ1n) is 6.28. The Balaban J connectivity index is 1.87. The van der Waals surface area contributed by atoms with Crippen LogP contribution in [-0.2, 0) is 4.74 Å². The minimum Gasteiger partial charge on any atom is -0.447 e. The van der Waals surface area contributed by atoms with Gasteiger partial charge >= 0.3 is 6.09 Å². The van der Waals surface area contributed by atoms with Gasteiger partial charge in [0.15, 0.2) is 0 Å². The average Bonchev–Trinajstić information content (AvgIpc) is 2.39. The molecule has 1 amide bonds. The highest BCUT2D eigenvalue weighted by molar-refractivity contribution is 5.68. The molecule has 5 heteroatoms. The molecule has 0 spiro atoms. The molecular weight excluding hydrogens is 230 g/mol. The smallest absolute Gasteiger partial charge is 0.410 e. The van der Waals surface area contributed by atoms with E-state index >= 15 is 0 Å². The van der Waals surface area contributed by atoms with Gasteiger partial charge in [-0.25, -0.2) is 9.78 Å². The first-order chi connectivity index (χ1) is 8.66. The van der Waals surface area contributed by atoms with Gasteiger partial charge in [-0.15, -0.1) is 0 Å². The normalized spacial score (nSPS) is 15.9. The molecule has 0 saturated carbocycles. The summed E-state index contributed by atoms with van der Waals surface area (Å²) in [5.41, 5.74) is 0. The molecule has 0 bridgehead atoms. The lowest BCUT2D eigenvalue weighted by Gasteiger charge is -2.35. The van der Waals surface area contributed by atoms with Crippen LogP contribution in [0.1, 0.15) is 13.8 Å². The Morgan fingerprint density at radius 3 is 2.56 bits per heavy atom. The lowest BCUT2D eigenvalue weighted by Crippen LogP contribution is -2.49. The molecule has 98 valence electrons. The van der Waals surface area contributed by atoms with Crippen LogP contribution in [0.4, 0.5) is 10.6 Å². The number of nitrogens with zero attached hydrogens (tertiary/aromatic N) is 3. The van der Waals surface area contributed by atoms with Crippen LogP contribution in [0.25, 0.3) is 0 Å². The molecule has 2 heterocycles. The van der Waals surface area contributed by atoms with Crippen molar-refractivity contribution in [3.8, 4) is 0 Å². The summed E-state index contributed by atoms with van der Waals surface area (Å²) in [6, 6.07) is 5.86. The number of ether oxygens (including phenoxy) is 1. The van der Waals surface area contributed by atoms with Gasteiger partial charge < -0.3 is 14.5 Å². The topological polar surface area (TPSA) is 45.7 Å². The van der Waals surface area contributed by atoms with Gasteiger partial charge in [-0.3, -0.25) is 0 Å². The zero-order chi connectivity index (χ0) is 13.0. The Labute approximate surface area is 107 Å². The van der Waals surface area contributed by atoms with Crippen molar-refractivity contribution >= 4 is 11.9 Å². The summed E-state index contributed by atoms with van der Waals surface area (Å²) in [7, 11) is 0. The number of hydrogen-bond donors (Lipinski definition) is 0. The van der Waals surface area contributed by atoms with E-state index in [1.807, 2.05) is 32.0 Å². The van der Waals surface area contributed by atoms with Crippen molar-refractivity contribution in [2.45, 2.75) is 20.0 Å². The second kappa shape index (κ2) is 5.71. The predicted octanol–water partition coefficient (Wildman–Crippen LogP) is 1.75. The number of carbonyl (C=O) groups is 1. The van der Waals surface area contributed by atoms with Crippen LogP contribution in [0.2, 0.25) is 0 Å². The van der Waals surface area contributed by atoms with Crippen molar-refractivity contribution in [1.82, 2.24) is 9.88 Å². The average molecular weight is 249 g/mol. The van der Waals surface area contributed by atoms with Gasteiger partial charge in [0, 0.05) is 32.4 Å². The Hall–Kier alpha value is -1.78. The molecule has 0 atom stereocenters. The van der Waals surface area contributed by atoms with Crippen LogP contribution in [-0.4, -0.2) is 48.3 Å². The number of piperazine rings is 1. The SMILES string of the molecule is CC(C)OC(=O)N1CCN(c2ccccn2)CC1. The fourth-order valence-electron chi connectivity index (χ4n) is 1.94. The summed E-state index contributed by atoms with van der Waals surface area (Å²) >= 11 is 0. The third-order valence-electron chi connectivity index (χ3n) is 2.85. The number of aromatic nitrogens is 1. The summed E-state index contributed by atoms with van der Waals surface area (Å²) in [4.78, 5) is 20.0. The molecule has 1 aliphatic rings. The van der Waals surface area contributed by atoms with Crippen molar-refractivity contribution in [2.24, 2.45) is 0 Å². The van der Waals surface area contributed by atoms with E-state index in [9.17, 15) is 4.79 Å². The van der Waals surface area contributed by atoms with E-state index in [1.54, 1.807) is 11.1 Å². The molecule has 1 saturated heterocycles. The molecular formula is C13H19N3O2. The zero-order valence-electron chi connectivity index (χ0n) is 10.9. The minimum absolute atomic E-state index is 0.0636. The molecule has 0 radical (unpaired) electrons. The van der Waals surface area contributed by atoms with E-state index in [4.69, 9.17) is 4.74 Å². The molecule has 18 heavy (non-hydrogen) atoms. The first-order valence-corrected chi connectivity index (χ1v) is 6.28. The minimum atomic E-state index is -0.217. The van der Waals surface area contributed by atoms with Crippen molar-refractivity contribution in [1.29, 1.82) is 0 Å². The maximum Gasteiger partial charge on any atom is 0.410 e. The largest absolute Gasteiger partial charge is 0.447 e. The molecule has 0 N–H and O–H groups in total. The van der Waals surface area contributed by atoms with Crippen LogP contribution in [0.5, 0.6) is 0 Å². The van der Waals surface area contributed by atoms with Crippen LogP contribution < -0.4 is 4.90 Å². The highest BCUT2D eigenvalue weighted by atomic mass is 16.6. The maximum atomic E-state index is 11.7. The monoisotopic (exact) mass is 249 g/mol. The number of carbonyl (C=O) groups excluding carboxylic acids is 1. The summed E-state index contributed by atoms with van der Waals surface area (Å²) < 4.78 is 5.18. The van der Waals surface area contributed by atoms with Crippen LogP contribution in [0.15, 0.2) is 24.4 Å². The summed E-state index contributed by atoms with van der Waals surface area (Å²) in [5, 5.41) is 0. The number of hydrogen-bond acceptors (Lipinski definition) is 4. The fourth-order valence-corrected chi connectivity index (χ4v) is 1.94. The predicted molar refractivity (Wildman–Crippen MR) is 69.6 cm³/mol. The lowest BCUT2D eigenvalue weighted by molar-refractivity contribution is 0.0751. The number of anilines is 1. The Morgan fingerprint density at radius 2 is 2.00 bits per heavy atom. The van der Waals surface area contributed by atoms with Gasteiger partial charge in [-0.1, -0.05) is 6.07 Å². The van der Waals surface area contributed by atoms with E-state index in [0.29, 0.717) is 13.1 Å². The van der Waals surface area contributed by atoms with E-state index in [1.165, 1.54) is 0 Å². The highest BCUT2D eigenvalue weighted by Crippen LogP contribution is 2.13. The molecule has 2 rings (SSSR count). The van der Waals surface area contributed by atoms with E-state index in [-0.39, 0.29) is 12.2 Å². The van der Waals surface area contributed by atoms with Gasteiger partial charge in [0.2, 0.25) is 0 Å². The van der Waals surface area contributed by atoms with Gasteiger partial charge in [0.1, 0.15) is 5.82 Å². The molecule has 0 aromatic carbocycles. The first kappa shape index (κ1) is 12.7. The second-order valence-corrected chi connectivity index (χ2v) is 4.59. The van der Waals surface area contributed by atoms with Crippen LogP contribution in [0.3, 0.4) is 0 Å². The highest BCUT2D eigenvalue weighted by Gasteiger charge is 2.23. The second-order valence-electron chi connectivity index (χ2n) is 4.59. The van der Waals surface area contributed by atoms with E-state index < -0.39 is 0 Å². The van der Waals surface area contributed by atoms with Gasteiger partial charge in [0.05, 0.1) is 6.10 Å². The van der Waals surface area contributed by atoms with Gasteiger partial charge in [0.25, 0.3) is 0 Å². The number of amides is 1. The van der Waals surface area contributed by atoms with Gasteiger partial charge in [-0.2, -0.15) is 0 Å². The quantitative estimate of drug-likeness (QED) is 0.801. The molecule has 1 aromatic rings. The molecule has 5 nitrogen and oxygen atoms in total. The molecule has 0 unspecified atom stereocenters. The standard InChI is InChI=1S/C13H19N3O2/c1-11(2)18-13(17)16-9-7-15(8-10-16)12-5-3-4-6-14-12/h3-6,11H,7-10H2,1-2H3. The van der Waals surface area contributed by atoms with E-state index in [0.717, 1.165) is 18.9 Å². The Bertz CT molecular complexity index is 386. The molecule has 1 aromatic heterocycles. The van der Waals surface area contributed by atoms with E-state index in [2.05, 4.69) is 9.88 Å². The Morgan fingerprint density at radius 1 is 1.28 bits per heavy atom. The summed E-state index contributed by atoms with van der Waals surface area (Å²) in [5.74, 6) is 0.967. The van der Waals surface area contributed by atoms with Crippen molar-refractivity contribution in [3.63, 3.8) is 0 Å². The summed E-state index contributed by atoms with van der Waals surface area (Å²) in [6.07, 6.45) is 1.51.